The van der Waals surface area contributed by atoms with Gasteiger partial charge in [-0.3, -0.25) is 4.79 Å². The Morgan fingerprint density at radius 2 is 1.89 bits per heavy atom. The van der Waals surface area contributed by atoms with Crippen molar-refractivity contribution in [3.05, 3.63) is 0 Å². The Morgan fingerprint density at radius 1 is 1.32 bits per heavy atom. The van der Waals surface area contributed by atoms with E-state index in [1.165, 1.54) is 0 Å². The fraction of sp³-hybridized carbons (Fsp3) is 0.727. The van der Waals surface area contributed by atoms with E-state index in [1.807, 2.05) is 13.8 Å². The molecule has 0 aliphatic rings. The molecule has 0 aliphatic heterocycles. The van der Waals surface area contributed by atoms with Gasteiger partial charge in [-0.1, -0.05) is 13.8 Å². The van der Waals surface area contributed by atoms with Gasteiger partial charge in [-0.25, -0.2) is 9.59 Å². The third-order valence-electron chi connectivity index (χ3n) is 2.23. The van der Waals surface area contributed by atoms with Crippen molar-refractivity contribution < 1.29 is 24.6 Å². The minimum atomic E-state index is -1.24. The monoisotopic (exact) mass is 275 g/mol. The Labute approximate surface area is 111 Å². The zero-order valence-electron chi connectivity index (χ0n) is 11.1. The van der Waals surface area contributed by atoms with Crippen LogP contribution >= 0.6 is 0 Å². The molecule has 3 amide bonds. The predicted octanol–water partition coefficient (Wildman–Crippen LogP) is -1.03. The number of aliphatic hydroxyl groups excluding tert-OH is 1. The van der Waals surface area contributed by atoms with Gasteiger partial charge in [0, 0.05) is 19.6 Å². The van der Waals surface area contributed by atoms with E-state index in [2.05, 4.69) is 5.32 Å². The predicted molar refractivity (Wildman–Crippen MR) is 67.3 cm³/mol. The molecule has 0 unspecified atom stereocenters. The molecule has 0 radical (unpaired) electrons. The van der Waals surface area contributed by atoms with Crippen LogP contribution in [-0.4, -0.2) is 58.8 Å². The van der Waals surface area contributed by atoms with Crippen molar-refractivity contribution in [2.75, 3.05) is 19.7 Å². The molecule has 0 saturated carbocycles. The van der Waals surface area contributed by atoms with Crippen molar-refractivity contribution in [2.45, 2.75) is 26.3 Å². The molecular weight excluding hydrogens is 254 g/mol. The summed E-state index contributed by atoms with van der Waals surface area (Å²) in [6.45, 7) is 3.33. The van der Waals surface area contributed by atoms with Crippen molar-refractivity contribution >= 4 is 17.9 Å². The van der Waals surface area contributed by atoms with Gasteiger partial charge in [0.15, 0.2) is 0 Å². The third kappa shape index (κ3) is 7.24. The summed E-state index contributed by atoms with van der Waals surface area (Å²) in [6, 6.07) is -1.88. The zero-order valence-corrected chi connectivity index (χ0v) is 11.1. The number of nitrogens with one attached hydrogen (secondary N) is 1. The topological polar surface area (TPSA) is 133 Å². The summed E-state index contributed by atoms with van der Waals surface area (Å²) in [6.07, 6.45) is -0.104. The minimum Gasteiger partial charge on any atom is -0.480 e. The molecule has 0 bridgehead atoms. The van der Waals surface area contributed by atoms with Crippen LogP contribution in [0.4, 0.5) is 4.79 Å². The van der Waals surface area contributed by atoms with E-state index in [1.54, 1.807) is 0 Å². The average molecular weight is 275 g/mol. The molecule has 8 nitrogen and oxygen atoms in total. The molecule has 0 aromatic rings. The zero-order chi connectivity index (χ0) is 15.0. The number of hydrogen-bond donors (Lipinski definition) is 4. The Kier molecular flexibility index (Phi) is 7.50. The molecule has 0 rings (SSSR count). The highest BCUT2D eigenvalue weighted by molar-refractivity contribution is 5.86. The molecule has 0 saturated heterocycles. The van der Waals surface area contributed by atoms with E-state index in [-0.39, 0.29) is 32.0 Å². The van der Waals surface area contributed by atoms with Crippen molar-refractivity contribution in [1.82, 2.24) is 10.2 Å². The standard InChI is InChI=1S/C11H21N3O5/c1-7(2)5-14(6-9(12)16)11(19)13-8(3-4-15)10(17)18/h7-8,15H,3-6H2,1-2H3,(H2,12,16)(H,13,19)(H,17,18)/t8-/m1/s1. The van der Waals surface area contributed by atoms with Crippen molar-refractivity contribution in [3.63, 3.8) is 0 Å². The van der Waals surface area contributed by atoms with E-state index < -0.39 is 23.9 Å². The van der Waals surface area contributed by atoms with Crippen LogP contribution < -0.4 is 11.1 Å². The number of carboxylic acid groups (broad SMARTS) is 1. The Balaban J connectivity index is 4.68. The highest BCUT2D eigenvalue weighted by Crippen LogP contribution is 2.01. The first kappa shape index (κ1) is 17.2. The van der Waals surface area contributed by atoms with Crippen LogP contribution in [0.15, 0.2) is 0 Å². The second-order valence-corrected chi connectivity index (χ2v) is 4.59. The summed E-state index contributed by atoms with van der Waals surface area (Å²) in [5.41, 5.74) is 5.04. The van der Waals surface area contributed by atoms with Crippen LogP contribution in [0.3, 0.4) is 0 Å². The van der Waals surface area contributed by atoms with Crippen LogP contribution in [0, 0.1) is 5.92 Å². The molecule has 0 aromatic carbocycles. The van der Waals surface area contributed by atoms with Crippen LogP contribution in [0.1, 0.15) is 20.3 Å². The first-order valence-electron chi connectivity index (χ1n) is 5.95. The van der Waals surface area contributed by atoms with Gasteiger partial charge >= 0.3 is 12.0 Å². The summed E-state index contributed by atoms with van der Waals surface area (Å²) < 4.78 is 0. The number of urea groups is 1. The molecule has 0 heterocycles. The van der Waals surface area contributed by atoms with E-state index in [9.17, 15) is 14.4 Å². The molecule has 19 heavy (non-hydrogen) atoms. The maximum atomic E-state index is 11.9. The number of nitrogens with zero attached hydrogens (tertiary/aromatic N) is 1. The van der Waals surface area contributed by atoms with Crippen molar-refractivity contribution in [3.8, 4) is 0 Å². The summed E-state index contributed by atoms with van der Waals surface area (Å²) in [7, 11) is 0. The Hall–Kier alpha value is -1.83. The number of hydrogen-bond acceptors (Lipinski definition) is 4. The molecule has 1 atom stereocenters. The number of primary amides is 1. The molecule has 8 heteroatoms. The summed E-state index contributed by atoms with van der Waals surface area (Å²) in [5.74, 6) is -1.82. The maximum Gasteiger partial charge on any atom is 0.326 e. The quantitative estimate of drug-likeness (QED) is 0.450. The molecule has 0 fully saturated rings. The van der Waals surface area contributed by atoms with Gasteiger partial charge in [0.05, 0.1) is 0 Å². The van der Waals surface area contributed by atoms with Crippen LogP contribution in [-0.2, 0) is 9.59 Å². The first-order valence-corrected chi connectivity index (χ1v) is 5.95. The number of carbonyl (C=O) groups is 3. The number of nitrogens with two attached hydrogens (primary N) is 1. The fourth-order valence-electron chi connectivity index (χ4n) is 1.47. The summed E-state index contributed by atoms with van der Waals surface area (Å²) >= 11 is 0. The van der Waals surface area contributed by atoms with Crippen molar-refractivity contribution in [2.24, 2.45) is 11.7 Å². The maximum absolute atomic E-state index is 11.9. The van der Waals surface area contributed by atoms with E-state index in [4.69, 9.17) is 15.9 Å². The average Bonchev–Trinajstić information content (AvgIpc) is 2.25. The summed E-state index contributed by atoms with van der Waals surface area (Å²) in [4.78, 5) is 34.8. The SMILES string of the molecule is CC(C)CN(CC(N)=O)C(=O)N[C@H](CCO)C(=O)O. The highest BCUT2D eigenvalue weighted by atomic mass is 16.4. The minimum absolute atomic E-state index is 0.103. The Morgan fingerprint density at radius 3 is 2.26 bits per heavy atom. The van der Waals surface area contributed by atoms with Gasteiger partial charge in [-0.2, -0.15) is 0 Å². The number of carbonyl (C=O) groups excluding carboxylic acids is 2. The fourth-order valence-corrected chi connectivity index (χ4v) is 1.47. The first-order chi connectivity index (χ1) is 8.77. The molecular formula is C11H21N3O5. The van der Waals surface area contributed by atoms with Crippen LogP contribution in [0.25, 0.3) is 0 Å². The van der Waals surface area contributed by atoms with Gasteiger partial charge < -0.3 is 26.2 Å². The number of rotatable bonds is 8. The van der Waals surface area contributed by atoms with Gasteiger partial charge in [0.1, 0.15) is 12.6 Å². The lowest BCUT2D eigenvalue weighted by Crippen LogP contribution is -2.51. The lowest BCUT2D eigenvalue weighted by molar-refractivity contribution is -0.139. The number of amides is 3. The second kappa shape index (κ2) is 8.30. The third-order valence-corrected chi connectivity index (χ3v) is 2.23. The smallest absolute Gasteiger partial charge is 0.326 e. The van der Waals surface area contributed by atoms with Crippen molar-refractivity contribution in [1.29, 1.82) is 0 Å². The largest absolute Gasteiger partial charge is 0.480 e. The highest BCUT2D eigenvalue weighted by Gasteiger charge is 2.23. The number of carboxylic acids is 1. The Bertz CT molecular complexity index is 332. The molecule has 5 N–H and O–H groups in total. The lowest BCUT2D eigenvalue weighted by atomic mass is 10.2. The number of aliphatic carboxylic acids is 1. The molecule has 0 aliphatic carbocycles. The van der Waals surface area contributed by atoms with Gasteiger partial charge in [-0.15, -0.1) is 0 Å². The van der Waals surface area contributed by atoms with Gasteiger partial charge in [-0.05, 0) is 5.92 Å². The van der Waals surface area contributed by atoms with Crippen LogP contribution in [0.2, 0.25) is 0 Å². The van der Waals surface area contributed by atoms with E-state index >= 15 is 0 Å². The van der Waals surface area contributed by atoms with Gasteiger partial charge in [0.25, 0.3) is 0 Å². The summed E-state index contributed by atoms with van der Waals surface area (Å²) in [5, 5.41) is 19.8. The van der Waals surface area contributed by atoms with E-state index in [0.717, 1.165) is 4.90 Å². The molecule has 0 aromatic heterocycles. The lowest BCUT2D eigenvalue weighted by Gasteiger charge is -2.25. The molecule has 110 valence electrons. The van der Waals surface area contributed by atoms with E-state index in [0.29, 0.717) is 0 Å². The number of aliphatic hydroxyl groups is 1. The normalized spacial score (nSPS) is 12.0. The van der Waals surface area contributed by atoms with Gasteiger partial charge in [0.2, 0.25) is 5.91 Å². The second-order valence-electron chi connectivity index (χ2n) is 4.59. The van der Waals surface area contributed by atoms with Crippen LogP contribution in [0.5, 0.6) is 0 Å². The molecule has 0 spiro atoms.